The molecule has 3 nitrogen and oxygen atoms in total. The second-order valence-electron chi connectivity index (χ2n) is 2.85. The van der Waals surface area contributed by atoms with Gasteiger partial charge in [0.05, 0.1) is 5.52 Å². The van der Waals surface area contributed by atoms with Crippen LogP contribution in [-0.2, 0) is 13.7 Å². The molecule has 0 atom stereocenters. The summed E-state index contributed by atoms with van der Waals surface area (Å²) in [7, 11) is 1.75. The Balaban J connectivity index is 2.83. The van der Waals surface area contributed by atoms with Crippen molar-refractivity contribution in [3.05, 3.63) is 29.8 Å². The van der Waals surface area contributed by atoms with Crippen LogP contribution < -0.4 is 0 Å². The molecule has 0 fully saturated rings. The van der Waals surface area contributed by atoms with Crippen molar-refractivity contribution in [3.8, 4) is 0 Å². The Morgan fingerprint density at radius 1 is 1.54 bits per heavy atom. The fourth-order valence-electron chi connectivity index (χ4n) is 1.37. The smallest absolute Gasteiger partial charge is 0.151 e. The monoisotopic (exact) mass is 180 g/mol. The summed E-state index contributed by atoms with van der Waals surface area (Å²) < 4.78 is 14.8. The summed E-state index contributed by atoms with van der Waals surface area (Å²) in [5.41, 5.74) is 1.01. The van der Waals surface area contributed by atoms with Crippen molar-refractivity contribution < 1.29 is 9.50 Å². The van der Waals surface area contributed by atoms with Gasteiger partial charge in [-0.3, -0.25) is 0 Å². The second kappa shape index (κ2) is 2.81. The number of hydrogen-bond acceptors (Lipinski definition) is 2. The third kappa shape index (κ3) is 1.10. The van der Waals surface area contributed by atoms with Crippen molar-refractivity contribution >= 4 is 11.0 Å². The highest BCUT2D eigenvalue weighted by Gasteiger charge is 2.09. The summed E-state index contributed by atoms with van der Waals surface area (Å²) in [6, 6.07) is 4.75. The van der Waals surface area contributed by atoms with Crippen LogP contribution in [0, 0.1) is 5.82 Å². The Labute approximate surface area is 74.4 Å². The van der Waals surface area contributed by atoms with Crippen LogP contribution in [0.2, 0.25) is 0 Å². The van der Waals surface area contributed by atoms with Crippen LogP contribution in [0.25, 0.3) is 11.0 Å². The Bertz CT molecular complexity index is 450. The highest BCUT2D eigenvalue weighted by molar-refractivity contribution is 5.76. The first-order chi connectivity index (χ1) is 6.24. The average molecular weight is 180 g/mol. The zero-order chi connectivity index (χ0) is 9.42. The molecule has 1 aromatic heterocycles. The highest BCUT2D eigenvalue weighted by atomic mass is 19.1. The van der Waals surface area contributed by atoms with Gasteiger partial charge in [-0.2, -0.15) is 0 Å². The minimum atomic E-state index is -0.354. The van der Waals surface area contributed by atoms with Crippen molar-refractivity contribution in [2.75, 3.05) is 0 Å². The number of benzene rings is 1. The average Bonchev–Trinajstić information content (AvgIpc) is 2.45. The molecule has 4 heteroatoms. The van der Waals surface area contributed by atoms with Gasteiger partial charge in [-0.25, -0.2) is 9.37 Å². The van der Waals surface area contributed by atoms with Gasteiger partial charge in [0.25, 0.3) is 0 Å². The van der Waals surface area contributed by atoms with Crippen molar-refractivity contribution in [3.63, 3.8) is 0 Å². The van der Waals surface area contributed by atoms with Gasteiger partial charge in [0.1, 0.15) is 17.9 Å². The molecular weight excluding hydrogens is 171 g/mol. The maximum absolute atomic E-state index is 13.2. The van der Waals surface area contributed by atoms with E-state index in [0.717, 1.165) is 0 Å². The summed E-state index contributed by atoms with van der Waals surface area (Å²) in [4.78, 5) is 3.97. The standard InChI is InChI=1S/C9H9FN2O/c1-12-7-4-2-3-6(10)9(7)11-8(12)5-13/h2-4,13H,5H2,1H3. The quantitative estimate of drug-likeness (QED) is 0.716. The van der Waals surface area contributed by atoms with Gasteiger partial charge in [-0.1, -0.05) is 6.07 Å². The molecule has 1 aromatic carbocycles. The van der Waals surface area contributed by atoms with Crippen LogP contribution in [-0.4, -0.2) is 14.7 Å². The molecule has 13 heavy (non-hydrogen) atoms. The first-order valence-corrected chi connectivity index (χ1v) is 3.94. The second-order valence-corrected chi connectivity index (χ2v) is 2.85. The molecule has 0 radical (unpaired) electrons. The number of halogens is 1. The lowest BCUT2D eigenvalue weighted by atomic mass is 10.3. The minimum absolute atomic E-state index is 0.176. The van der Waals surface area contributed by atoms with E-state index in [0.29, 0.717) is 16.9 Å². The number of imidazole rings is 1. The zero-order valence-electron chi connectivity index (χ0n) is 7.16. The summed E-state index contributed by atoms with van der Waals surface area (Å²) in [6.07, 6.45) is 0. The highest BCUT2D eigenvalue weighted by Crippen LogP contribution is 2.17. The van der Waals surface area contributed by atoms with Crippen LogP contribution in [0.5, 0.6) is 0 Å². The maximum Gasteiger partial charge on any atom is 0.151 e. The SMILES string of the molecule is Cn1c(CO)nc2c(F)cccc21. The van der Waals surface area contributed by atoms with E-state index in [2.05, 4.69) is 4.98 Å². The van der Waals surface area contributed by atoms with E-state index in [4.69, 9.17) is 5.11 Å². The zero-order valence-corrected chi connectivity index (χ0v) is 7.16. The van der Waals surface area contributed by atoms with Gasteiger partial charge in [0, 0.05) is 7.05 Å². The molecule has 68 valence electrons. The summed E-state index contributed by atoms with van der Waals surface area (Å²) in [5, 5.41) is 8.90. The van der Waals surface area contributed by atoms with E-state index in [-0.39, 0.29) is 12.4 Å². The molecule has 0 aliphatic heterocycles. The molecule has 0 amide bonds. The van der Waals surface area contributed by atoms with Crippen molar-refractivity contribution in [2.45, 2.75) is 6.61 Å². The topological polar surface area (TPSA) is 38.0 Å². The molecule has 1 heterocycles. The third-order valence-electron chi connectivity index (χ3n) is 2.10. The third-order valence-corrected chi connectivity index (χ3v) is 2.10. The molecule has 0 unspecified atom stereocenters. The fraction of sp³-hybridized carbons (Fsp3) is 0.222. The van der Waals surface area contributed by atoms with Crippen LogP contribution in [0.15, 0.2) is 18.2 Å². The number of hydrogen-bond donors (Lipinski definition) is 1. The van der Waals surface area contributed by atoms with Crippen LogP contribution in [0.4, 0.5) is 4.39 Å². The largest absolute Gasteiger partial charge is 0.388 e. The first kappa shape index (κ1) is 8.19. The van der Waals surface area contributed by atoms with Gasteiger partial charge in [-0.05, 0) is 12.1 Å². The summed E-state index contributed by atoms with van der Waals surface area (Å²) in [5.74, 6) is 0.118. The molecule has 0 aliphatic rings. The molecule has 0 bridgehead atoms. The minimum Gasteiger partial charge on any atom is -0.388 e. The van der Waals surface area contributed by atoms with Gasteiger partial charge < -0.3 is 9.67 Å². The number of aliphatic hydroxyl groups excluding tert-OH is 1. The number of para-hydroxylation sites is 1. The van der Waals surface area contributed by atoms with Crippen LogP contribution >= 0.6 is 0 Å². The number of aromatic nitrogens is 2. The summed E-state index contributed by atoms with van der Waals surface area (Å²) in [6.45, 7) is -0.176. The number of nitrogens with zero attached hydrogens (tertiary/aromatic N) is 2. The predicted octanol–water partition coefficient (Wildman–Crippen LogP) is 1.20. The van der Waals surface area contributed by atoms with E-state index in [1.54, 1.807) is 23.7 Å². The first-order valence-electron chi connectivity index (χ1n) is 3.94. The maximum atomic E-state index is 13.2. The van der Waals surface area contributed by atoms with E-state index in [1.165, 1.54) is 6.07 Å². The summed E-state index contributed by atoms with van der Waals surface area (Å²) >= 11 is 0. The number of aliphatic hydroxyl groups is 1. The van der Waals surface area contributed by atoms with Gasteiger partial charge in [0.2, 0.25) is 0 Å². The lowest BCUT2D eigenvalue weighted by molar-refractivity contribution is 0.268. The van der Waals surface area contributed by atoms with Crippen LogP contribution in [0.3, 0.4) is 0 Å². The normalized spacial score (nSPS) is 11.0. The molecule has 0 aliphatic carbocycles. The Hall–Kier alpha value is -1.42. The predicted molar refractivity (Wildman–Crippen MR) is 46.6 cm³/mol. The fourth-order valence-corrected chi connectivity index (χ4v) is 1.37. The van der Waals surface area contributed by atoms with E-state index < -0.39 is 0 Å². The molecule has 1 N–H and O–H groups in total. The number of fused-ring (bicyclic) bond motifs is 1. The Morgan fingerprint density at radius 2 is 2.31 bits per heavy atom. The van der Waals surface area contributed by atoms with E-state index >= 15 is 0 Å². The van der Waals surface area contributed by atoms with Gasteiger partial charge >= 0.3 is 0 Å². The van der Waals surface area contributed by atoms with Crippen LogP contribution in [0.1, 0.15) is 5.82 Å². The molecule has 0 spiro atoms. The lowest BCUT2D eigenvalue weighted by Crippen LogP contribution is -1.96. The van der Waals surface area contributed by atoms with Crippen molar-refractivity contribution in [2.24, 2.45) is 7.05 Å². The van der Waals surface area contributed by atoms with E-state index in [1.807, 2.05) is 0 Å². The van der Waals surface area contributed by atoms with E-state index in [9.17, 15) is 4.39 Å². The Kier molecular flexibility index (Phi) is 1.77. The molecule has 2 rings (SSSR count). The van der Waals surface area contributed by atoms with Crippen molar-refractivity contribution in [1.82, 2.24) is 9.55 Å². The van der Waals surface area contributed by atoms with Crippen molar-refractivity contribution in [1.29, 1.82) is 0 Å². The molecule has 2 aromatic rings. The molecule has 0 saturated carbocycles. The Morgan fingerprint density at radius 3 is 2.92 bits per heavy atom. The number of rotatable bonds is 1. The number of aryl methyl sites for hydroxylation is 1. The molecule has 0 saturated heterocycles. The lowest BCUT2D eigenvalue weighted by Gasteiger charge is -1.96. The molecular formula is C9H9FN2O. The van der Waals surface area contributed by atoms with Gasteiger partial charge in [0.15, 0.2) is 5.82 Å². The van der Waals surface area contributed by atoms with Gasteiger partial charge in [-0.15, -0.1) is 0 Å².